The summed E-state index contributed by atoms with van der Waals surface area (Å²) in [6.07, 6.45) is 0.299. The lowest BCUT2D eigenvalue weighted by Crippen LogP contribution is -2.47. The van der Waals surface area contributed by atoms with Gasteiger partial charge in [-0.15, -0.1) is 12.4 Å². The summed E-state index contributed by atoms with van der Waals surface area (Å²) < 4.78 is 5.26. The minimum atomic E-state index is 0. The van der Waals surface area contributed by atoms with Crippen molar-refractivity contribution in [2.45, 2.75) is 19.1 Å². The Hall–Kier alpha value is 0.170. The Morgan fingerprint density at radius 2 is 2.40 bits per heavy atom. The topological polar surface area (TPSA) is 41.5 Å². The van der Waals surface area contributed by atoms with Crippen LogP contribution in [0.15, 0.2) is 0 Å². The molecule has 62 valence electrons. The van der Waals surface area contributed by atoms with Gasteiger partial charge in [0.15, 0.2) is 0 Å². The first-order chi connectivity index (χ1) is 4.33. The summed E-state index contributed by atoms with van der Waals surface area (Å²) in [5.74, 6) is 0. The highest BCUT2D eigenvalue weighted by Crippen LogP contribution is 1.98. The number of aliphatic hydroxyl groups excluding tert-OH is 1. The van der Waals surface area contributed by atoms with Gasteiger partial charge in [0.2, 0.25) is 0 Å². The van der Waals surface area contributed by atoms with Crippen molar-refractivity contribution in [2.24, 2.45) is 0 Å². The molecule has 0 aromatic carbocycles. The van der Waals surface area contributed by atoms with Crippen LogP contribution in [-0.2, 0) is 4.74 Å². The zero-order valence-corrected chi connectivity index (χ0v) is 6.86. The fourth-order valence-corrected chi connectivity index (χ4v) is 0.848. The number of halogens is 1. The number of morpholine rings is 1. The van der Waals surface area contributed by atoms with Crippen LogP contribution in [0.4, 0.5) is 0 Å². The van der Waals surface area contributed by atoms with Crippen molar-refractivity contribution in [1.29, 1.82) is 0 Å². The first kappa shape index (κ1) is 10.2. The first-order valence-corrected chi connectivity index (χ1v) is 3.28. The molecule has 2 atom stereocenters. The summed E-state index contributed by atoms with van der Waals surface area (Å²) in [5, 5.41) is 11.8. The molecule has 0 aliphatic carbocycles. The van der Waals surface area contributed by atoms with Crippen molar-refractivity contribution in [3.63, 3.8) is 0 Å². The number of hydrogen-bond acceptors (Lipinski definition) is 3. The van der Waals surface area contributed by atoms with Crippen molar-refractivity contribution in [3.05, 3.63) is 0 Å². The Balaban J connectivity index is 0.000000810. The summed E-state index contributed by atoms with van der Waals surface area (Å²) in [4.78, 5) is 0. The molecule has 4 heteroatoms. The van der Waals surface area contributed by atoms with Crippen molar-refractivity contribution in [1.82, 2.24) is 5.32 Å². The number of hydrogen-bond donors (Lipinski definition) is 2. The SMILES string of the molecule is C[C@@H]1CN[C@H](CO)CO1.Cl. The second-order valence-electron chi connectivity index (χ2n) is 2.43. The molecular formula is C6H14ClNO2. The van der Waals surface area contributed by atoms with Gasteiger partial charge in [0.1, 0.15) is 0 Å². The van der Waals surface area contributed by atoms with Gasteiger partial charge in [-0.2, -0.15) is 0 Å². The van der Waals surface area contributed by atoms with E-state index in [4.69, 9.17) is 9.84 Å². The van der Waals surface area contributed by atoms with Crippen molar-refractivity contribution in [3.8, 4) is 0 Å². The Morgan fingerprint density at radius 3 is 2.80 bits per heavy atom. The number of aliphatic hydroxyl groups is 1. The summed E-state index contributed by atoms with van der Waals surface area (Å²) >= 11 is 0. The highest BCUT2D eigenvalue weighted by atomic mass is 35.5. The van der Waals surface area contributed by atoms with Crippen LogP contribution < -0.4 is 5.32 Å². The molecule has 3 nitrogen and oxygen atoms in total. The summed E-state index contributed by atoms with van der Waals surface area (Å²) in [6, 6.07) is 0.154. The van der Waals surface area contributed by atoms with E-state index < -0.39 is 0 Å². The molecule has 0 radical (unpaired) electrons. The monoisotopic (exact) mass is 167 g/mol. The Labute approximate surface area is 67.2 Å². The summed E-state index contributed by atoms with van der Waals surface area (Å²) in [6.45, 7) is 3.68. The van der Waals surface area contributed by atoms with Crippen LogP contribution in [0.25, 0.3) is 0 Å². The lowest BCUT2D eigenvalue weighted by molar-refractivity contribution is 0.00184. The van der Waals surface area contributed by atoms with E-state index in [1.54, 1.807) is 0 Å². The lowest BCUT2D eigenvalue weighted by atomic mass is 10.2. The van der Waals surface area contributed by atoms with E-state index in [1.165, 1.54) is 0 Å². The van der Waals surface area contributed by atoms with E-state index >= 15 is 0 Å². The van der Waals surface area contributed by atoms with Crippen LogP contribution in [0.5, 0.6) is 0 Å². The van der Waals surface area contributed by atoms with E-state index in [0.717, 1.165) is 6.54 Å². The molecule has 1 fully saturated rings. The highest BCUT2D eigenvalue weighted by molar-refractivity contribution is 5.85. The molecule has 1 rings (SSSR count). The van der Waals surface area contributed by atoms with Crippen molar-refractivity contribution >= 4 is 12.4 Å². The average molecular weight is 168 g/mol. The molecule has 0 amide bonds. The van der Waals surface area contributed by atoms with Gasteiger partial charge >= 0.3 is 0 Å². The lowest BCUT2D eigenvalue weighted by Gasteiger charge is -2.26. The Bertz CT molecular complexity index is 83.8. The second-order valence-corrected chi connectivity index (χ2v) is 2.43. The Kier molecular flexibility index (Phi) is 4.99. The maximum absolute atomic E-state index is 8.63. The van der Waals surface area contributed by atoms with Gasteiger partial charge in [-0.1, -0.05) is 0 Å². The number of nitrogens with one attached hydrogen (secondary N) is 1. The van der Waals surface area contributed by atoms with Crippen LogP contribution in [-0.4, -0.2) is 37.0 Å². The molecular weight excluding hydrogens is 154 g/mol. The number of rotatable bonds is 1. The van der Waals surface area contributed by atoms with Crippen molar-refractivity contribution < 1.29 is 9.84 Å². The smallest absolute Gasteiger partial charge is 0.0672 e. The molecule has 0 unspecified atom stereocenters. The standard InChI is InChI=1S/C6H13NO2.ClH/c1-5-2-7-6(3-8)4-9-5;/h5-8H,2-4H2,1H3;1H/t5-,6-;/m1./s1. The van der Waals surface area contributed by atoms with Crippen LogP contribution in [0.3, 0.4) is 0 Å². The van der Waals surface area contributed by atoms with Crippen LogP contribution >= 0.6 is 12.4 Å². The molecule has 0 bridgehead atoms. The predicted molar refractivity (Wildman–Crippen MR) is 41.5 cm³/mol. The third-order valence-electron chi connectivity index (χ3n) is 1.50. The van der Waals surface area contributed by atoms with Gasteiger partial charge in [0.25, 0.3) is 0 Å². The fourth-order valence-electron chi connectivity index (χ4n) is 0.848. The van der Waals surface area contributed by atoms with Gasteiger partial charge in [0, 0.05) is 6.54 Å². The summed E-state index contributed by atoms with van der Waals surface area (Å²) in [5.41, 5.74) is 0. The molecule has 0 spiro atoms. The third-order valence-corrected chi connectivity index (χ3v) is 1.50. The predicted octanol–water partition coefficient (Wildman–Crippen LogP) is -0.223. The molecule has 1 aliphatic rings. The van der Waals surface area contributed by atoms with Gasteiger partial charge in [-0.05, 0) is 6.92 Å². The van der Waals surface area contributed by atoms with E-state index in [-0.39, 0.29) is 25.1 Å². The van der Waals surface area contributed by atoms with E-state index in [9.17, 15) is 0 Å². The van der Waals surface area contributed by atoms with E-state index in [0.29, 0.717) is 12.7 Å². The van der Waals surface area contributed by atoms with E-state index in [1.807, 2.05) is 6.92 Å². The van der Waals surface area contributed by atoms with Gasteiger partial charge in [-0.3, -0.25) is 0 Å². The second kappa shape index (κ2) is 4.91. The van der Waals surface area contributed by atoms with E-state index in [2.05, 4.69) is 5.32 Å². The quantitative estimate of drug-likeness (QED) is 0.568. The van der Waals surface area contributed by atoms with Crippen molar-refractivity contribution in [2.75, 3.05) is 19.8 Å². The van der Waals surface area contributed by atoms with Gasteiger partial charge < -0.3 is 15.2 Å². The molecule has 10 heavy (non-hydrogen) atoms. The Morgan fingerprint density at radius 1 is 1.70 bits per heavy atom. The zero-order valence-electron chi connectivity index (χ0n) is 6.04. The largest absolute Gasteiger partial charge is 0.395 e. The highest BCUT2D eigenvalue weighted by Gasteiger charge is 2.15. The maximum Gasteiger partial charge on any atom is 0.0672 e. The van der Waals surface area contributed by atoms with Crippen LogP contribution in [0.1, 0.15) is 6.92 Å². The molecule has 1 saturated heterocycles. The number of ether oxygens (including phenoxy) is 1. The van der Waals surface area contributed by atoms with Gasteiger partial charge in [-0.25, -0.2) is 0 Å². The average Bonchev–Trinajstić information content (AvgIpc) is 1.90. The minimum absolute atomic E-state index is 0. The van der Waals surface area contributed by atoms with Gasteiger partial charge in [0.05, 0.1) is 25.4 Å². The third kappa shape index (κ3) is 2.84. The molecule has 1 aliphatic heterocycles. The molecule has 2 N–H and O–H groups in total. The van der Waals surface area contributed by atoms with Crippen LogP contribution in [0.2, 0.25) is 0 Å². The normalized spacial score (nSPS) is 33.0. The zero-order chi connectivity index (χ0) is 6.69. The fraction of sp³-hybridized carbons (Fsp3) is 1.00. The molecule has 0 aromatic rings. The molecule has 0 aromatic heterocycles. The first-order valence-electron chi connectivity index (χ1n) is 3.28. The molecule has 0 saturated carbocycles. The maximum atomic E-state index is 8.63. The summed E-state index contributed by atoms with van der Waals surface area (Å²) in [7, 11) is 0. The molecule has 1 heterocycles. The van der Waals surface area contributed by atoms with Crippen LogP contribution in [0, 0.1) is 0 Å². The minimum Gasteiger partial charge on any atom is -0.395 e.